The first kappa shape index (κ1) is 13.6. The van der Waals surface area contributed by atoms with E-state index in [1.807, 2.05) is 37.8 Å². The Balaban J connectivity index is 1.99. The number of aromatic nitrogens is 2. The van der Waals surface area contributed by atoms with Crippen LogP contribution in [0.25, 0.3) is 0 Å². The third-order valence-corrected chi connectivity index (χ3v) is 3.42. The monoisotopic (exact) mass is 251 g/mol. The Morgan fingerprint density at radius 2 is 2.22 bits per heavy atom. The summed E-state index contributed by atoms with van der Waals surface area (Å²) in [5.74, 6) is 0. The first-order chi connectivity index (χ1) is 8.38. The van der Waals surface area contributed by atoms with E-state index in [4.69, 9.17) is 9.31 Å². The molecule has 1 atom stereocenters. The van der Waals surface area contributed by atoms with Crippen LogP contribution in [0.15, 0.2) is 12.4 Å². The first-order valence-corrected chi connectivity index (χ1v) is 6.39. The number of likely N-dealkylation sites (N-methyl/N-ethyl adjacent to an activating group) is 1. The lowest BCUT2D eigenvalue weighted by Gasteiger charge is -2.21. The lowest BCUT2D eigenvalue weighted by atomic mass is 9.82. The highest BCUT2D eigenvalue weighted by atomic mass is 16.7. The molecule has 1 fully saturated rings. The van der Waals surface area contributed by atoms with Gasteiger partial charge < -0.3 is 14.2 Å². The third kappa shape index (κ3) is 2.94. The maximum atomic E-state index is 5.90. The minimum absolute atomic E-state index is 0.0904. The van der Waals surface area contributed by atoms with Gasteiger partial charge in [-0.15, -0.1) is 0 Å². The zero-order chi connectivity index (χ0) is 13.3. The van der Waals surface area contributed by atoms with E-state index in [0.717, 1.165) is 18.6 Å². The van der Waals surface area contributed by atoms with Gasteiger partial charge in [0, 0.05) is 24.4 Å². The predicted octanol–water partition coefficient (Wildman–Crippen LogP) is 0.354. The van der Waals surface area contributed by atoms with Gasteiger partial charge in [0.15, 0.2) is 0 Å². The minimum Gasteiger partial charge on any atom is -0.402 e. The van der Waals surface area contributed by atoms with Crippen molar-refractivity contribution in [2.75, 3.05) is 20.6 Å². The second-order valence-electron chi connectivity index (χ2n) is 5.67. The lowest BCUT2D eigenvalue weighted by molar-refractivity contribution is 0.0842. The normalized spacial score (nSPS) is 23.0. The molecule has 100 valence electrons. The predicted molar refractivity (Wildman–Crippen MR) is 71.9 cm³/mol. The van der Waals surface area contributed by atoms with Crippen molar-refractivity contribution < 1.29 is 9.31 Å². The second kappa shape index (κ2) is 5.03. The van der Waals surface area contributed by atoms with E-state index in [0.29, 0.717) is 0 Å². The quantitative estimate of drug-likeness (QED) is 0.724. The molecular formula is C12H22BN3O2. The third-order valence-electron chi connectivity index (χ3n) is 3.42. The molecule has 1 aliphatic rings. The van der Waals surface area contributed by atoms with Crippen LogP contribution in [0.2, 0.25) is 0 Å². The van der Waals surface area contributed by atoms with Crippen LogP contribution in [0.5, 0.6) is 0 Å². The summed E-state index contributed by atoms with van der Waals surface area (Å²) in [4.78, 5) is 2.13. The van der Waals surface area contributed by atoms with E-state index in [2.05, 4.69) is 24.1 Å². The average Bonchev–Trinajstić information content (AvgIpc) is 2.82. The van der Waals surface area contributed by atoms with Crippen LogP contribution in [0.3, 0.4) is 0 Å². The molecule has 0 spiro atoms. The Hall–Kier alpha value is -0.845. The Morgan fingerprint density at radius 3 is 2.78 bits per heavy atom. The average molecular weight is 251 g/mol. The summed E-state index contributed by atoms with van der Waals surface area (Å²) >= 11 is 0. The van der Waals surface area contributed by atoms with Gasteiger partial charge in [0.05, 0.1) is 18.2 Å². The van der Waals surface area contributed by atoms with Gasteiger partial charge >= 0.3 is 7.12 Å². The fourth-order valence-corrected chi connectivity index (χ4v) is 1.82. The first-order valence-electron chi connectivity index (χ1n) is 6.39. The molecule has 5 nitrogen and oxygen atoms in total. The van der Waals surface area contributed by atoms with Gasteiger partial charge in [0.2, 0.25) is 0 Å². The van der Waals surface area contributed by atoms with Crippen molar-refractivity contribution in [2.45, 2.75) is 39.0 Å². The van der Waals surface area contributed by atoms with E-state index in [9.17, 15) is 0 Å². The van der Waals surface area contributed by atoms with E-state index >= 15 is 0 Å². The fourth-order valence-electron chi connectivity index (χ4n) is 1.82. The molecule has 18 heavy (non-hydrogen) atoms. The smallest absolute Gasteiger partial charge is 0.402 e. The van der Waals surface area contributed by atoms with Crippen molar-refractivity contribution in [3.05, 3.63) is 12.4 Å². The molecule has 0 aliphatic carbocycles. The fraction of sp³-hybridized carbons (Fsp3) is 0.750. The highest BCUT2D eigenvalue weighted by molar-refractivity contribution is 6.61. The Kier molecular flexibility index (Phi) is 3.80. The van der Waals surface area contributed by atoms with Crippen molar-refractivity contribution >= 4 is 12.6 Å². The van der Waals surface area contributed by atoms with E-state index in [1.54, 1.807) is 0 Å². The molecule has 0 N–H and O–H groups in total. The molecule has 1 aromatic heterocycles. The molecule has 1 unspecified atom stereocenters. The van der Waals surface area contributed by atoms with Crippen LogP contribution in [-0.4, -0.2) is 54.1 Å². The van der Waals surface area contributed by atoms with E-state index in [1.165, 1.54) is 0 Å². The summed E-state index contributed by atoms with van der Waals surface area (Å²) in [5.41, 5.74) is 0.752. The summed E-state index contributed by atoms with van der Waals surface area (Å²) in [6.45, 7) is 7.98. The van der Waals surface area contributed by atoms with Crippen LogP contribution < -0.4 is 5.46 Å². The summed E-state index contributed by atoms with van der Waals surface area (Å²) < 4.78 is 13.6. The number of hydrogen-bond acceptors (Lipinski definition) is 4. The zero-order valence-corrected chi connectivity index (χ0v) is 11.9. The van der Waals surface area contributed by atoms with Gasteiger partial charge in [-0.2, -0.15) is 5.10 Å². The van der Waals surface area contributed by atoms with Gasteiger partial charge in [-0.25, -0.2) is 0 Å². The van der Waals surface area contributed by atoms with Crippen LogP contribution >= 0.6 is 0 Å². The minimum atomic E-state index is -0.289. The number of rotatable bonds is 4. The number of hydrogen-bond donors (Lipinski definition) is 0. The summed E-state index contributed by atoms with van der Waals surface area (Å²) in [6, 6.07) is 0. The van der Waals surface area contributed by atoms with Crippen molar-refractivity contribution in [3.8, 4) is 0 Å². The Labute approximate surface area is 109 Å². The molecule has 6 heteroatoms. The van der Waals surface area contributed by atoms with Crippen LogP contribution in [0, 0.1) is 0 Å². The van der Waals surface area contributed by atoms with Crippen LogP contribution in [0.4, 0.5) is 0 Å². The number of nitrogens with zero attached hydrogens (tertiary/aromatic N) is 3. The zero-order valence-electron chi connectivity index (χ0n) is 11.9. The SMILES string of the molecule is CC1OB(c2cnn(CCN(C)C)c2)OC1(C)C. The maximum absolute atomic E-state index is 5.90. The summed E-state index contributed by atoms with van der Waals surface area (Å²) in [7, 11) is 3.82. The van der Waals surface area contributed by atoms with Crippen molar-refractivity contribution in [3.63, 3.8) is 0 Å². The molecule has 1 aliphatic heterocycles. The van der Waals surface area contributed by atoms with Gasteiger partial charge in [-0.1, -0.05) is 0 Å². The van der Waals surface area contributed by atoms with Crippen molar-refractivity contribution in [1.82, 2.24) is 14.7 Å². The van der Waals surface area contributed by atoms with E-state index in [-0.39, 0.29) is 18.8 Å². The van der Waals surface area contributed by atoms with E-state index < -0.39 is 0 Å². The Morgan fingerprint density at radius 1 is 1.50 bits per heavy atom. The molecule has 0 aromatic carbocycles. The van der Waals surface area contributed by atoms with Gasteiger partial charge in [-0.05, 0) is 34.9 Å². The largest absolute Gasteiger partial charge is 0.497 e. The van der Waals surface area contributed by atoms with Gasteiger partial charge in [0.1, 0.15) is 0 Å². The molecule has 1 saturated heterocycles. The summed E-state index contributed by atoms with van der Waals surface area (Å²) in [5, 5.41) is 4.34. The van der Waals surface area contributed by atoms with Crippen molar-refractivity contribution in [2.24, 2.45) is 0 Å². The highest BCUT2D eigenvalue weighted by Crippen LogP contribution is 2.26. The standard InChI is InChI=1S/C12H22BN3O2/c1-10-12(2,3)18-13(17-10)11-8-14-16(9-11)7-6-15(4)5/h8-10H,6-7H2,1-5H3. The van der Waals surface area contributed by atoms with Crippen LogP contribution in [0.1, 0.15) is 20.8 Å². The molecule has 0 radical (unpaired) electrons. The molecule has 0 amide bonds. The maximum Gasteiger partial charge on any atom is 0.497 e. The van der Waals surface area contributed by atoms with Crippen LogP contribution in [-0.2, 0) is 15.9 Å². The lowest BCUT2D eigenvalue weighted by Crippen LogP contribution is -2.34. The summed E-state index contributed by atoms with van der Waals surface area (Å²) in [6.07, 6.45) is 3.92. The Bertz CT molecular complexity index is 406. The molecule has 0 bridgehead atoms. The molecule has 2 heterocycles. The molecule has 0 saturated carbocycles. The molecule has 1 aromatic rings. The highest BCUT2D eigenvalue weighted by Gasteiger charge is 2.44. The van der Waals surface area contributed by atoms with Crippen molar-refractivity contribution in [1.29, 1.82) is 0 Å². The second-order valence-corrected chi connectivity index (χ2v) is 5.67. The van der Waals surface area contributed by atoms with Gasteiger partial charge in [-0.3, -0.25) is 4.68 Å². The topological polar surface area (TPSA) is 39.5 Å². The van der Waals surface area contributed by atoms with Gasteiger partial charge in [0.25, 0.3) is 0 Å². The molecule has 2 rings (SSSR count). The molecular weight excluding hydrogens is 229 g/mol.